The molecule has 1 rings (SSSR count). The fraction of sp³-hybridized carbons (Fsp3) is 1.00. The largest absolute Gasteiger partial charge is 0.314 e. The highest BCUT2D eigenvalue weighted by Gasteiger charge is 2.40. The molecule has 1 aliphatic carbocycles. The van der Waals surface area contributed by atoms with E-state index in [4.69, 9.17) is 0 Å². The van der Waals surface area contributed by atoms with Gasteiger partial charge in [0, 0.05) is 24.2 Å². The fourth-order valence-electron chi connectivity index (χ4n) is 2.97. The number of nitrogens with one attached hydrogen (secondary N) is 1. The normalized spacial score (nSPS) is 21.8. The highest BCUT2D eigenvalue weighted by molar-refractivity contribution is 4.98. The van der Waals surface area contributed by atoms with Crippen LogP contribution in [0.4, 0.5) is 0 Å². The Balaban J connectivity index is 2.45. The lowest BCUT2D eigenvalue weighted by atomic mass is 9.75. The molecule has 114 valence electrons. The van der Waals surface area contributed by atoms with Gasteiger partial charge in [0.15, 0.2) is 0 Å². The van der Waals surface area contributed by atoms with E-state index in [1.165, 1.54) is 25.8 Å². The zero-order valence-corrected chi connectivity index (χ0v) is 14.2. The van der Waals surface area contributed by atoms with Gasteiger partial charge in [-0.05, 0) is 59.8 Å². The maximum absolute atomic E-state index is 3.56. The van der Waals surface area contributed by atoms with Crippen molar-refractivity contribution in [2.24, 2.45) is 5.92 Å². The van der Waals surface area contributed by atoms with Crippen molar-refractivity contribution in [3.63, 3.8) is 0 Å². The molecule has 0 aliphatic heterocycles. The summed E-state index contributed by atoms with van der Waals surface area (Å²) in [5.74, 6) is 0.687. The lowest BCUT2D eigenvalue weighted by molar-refractivity contribution is 0.0115. The van der Waals surface area contributed by atoms with E-state index in [-0.39, 0.29) is 0 Å². The van der Waals surface area contributed by atoms with Crippen LogP contribution in [-0.2, 0) is 0 Å². The van der Waals surface area contributed by atoms with E-state index in [9.17, 15) is 0 Å². The minimum atomic E-state index is 0.439. The van der Waals surface area contributed by atoms with Crippen molar-refractivity contribution in [2.75, 3.05) is 34.2 Å². The van der Waals surface area contributed by atoms with Gasteiger partial charge in [-0.3, -0.25) is 0 Å². The van der Waals surface area contributed by atoms with Crippen molar-refractivity contribution in [1.82, 2.24) is 15.1 Å². The molecule has 2 unspecified atom stereocenters. The van der Waals surface area contributed by atoms with Crippen LogP contribution < -0.4 is 5.32 Å². The Hall–Kier alpha value is -0.120. The van der Waals surface area contributed by atoms with Crippen LogP contribution in [0, 0.1) is 5.92 Å². The Morgan fingerprint density at radius 1 is 1.05 bits per heavy atom. The molecule has 3 nitrogen and oxygen atoms in total. The van der Waals surface area contributed by atoms with Gasteiger partial charge in [-0.15, -0.1) is 0 Å². The second-order valence-corrected chi connectivity index (χ2v) is 7.17. The van der Waals surface area contributed by atoms with Gasteiger partial charge in [-0.25, -0.2) is 0 Å². The smallest absolute Gasteiger partial charge is 0.0330 e. The van der Waals surface area contributed by atoms with Crippen LogP contribution in [0.3, 0.4) is 0 Å². The minimum absolute atomic E-state index is 0.439. The number of hydrogen-bond acceptors (Lipinski definition) is 3. The van der Waals surface area contributed by atoms with E-state index in [0.717, 1.165) is 6.54 Å². The predicted molar refractivity (Wildman–Crippen MR) is 84.7 cm³/mol. The van der Waals surface area contributed by atoms with Gasteiger partial charge in [0.05, 0.1) is 0 Å². The molecule has 3 heteroatoms. The number of rotatable bonds is 8. The van der Waals surface area contributed by atoms with Crippen molar-refractivity contribution in [2.45, 2.75) is 64.6 Å². The molecule has 1 N–H and O–H groups in total. The third-order valence-electron chi connectivity index (χ3n) is 5.14. The quantitative estimate of drug-likeness (QED) is 0.730. The van der Waals surface area contributed by atoms with Gasteiger partial charge in [0.25, 0.3) is 0 Å². The summed E-state index contributed by atoms with van der Waals surface area (Å²) in [5, 5.41) is 3.56. The molecule has 0 spiro atoms. The molecule has 0 bridgehead atoms. The lowest BCUT2D eigenvalue weighted by Crippen LogP contribution is -2.58. The average molecular weight is 269 g/mol. The van der Waals surface area contributed by atoms with Crippen molar-refractivity contribution in [3.05, 3.63) is 0 Å². The first-order valence-corrected chi connectivity index (χ1v) is 7.89. The summed E-state index contributed by atoms with van der Waals surface area (Å²) in [6, 6.07) is 1.21. The Bertz CT molecular complexity index is 259. The summed E-state index contributed by atoms with van der Waals surface area (Å²) in [6.45, 7) is 11.5. The summed E-state index contributed by atoms with van der Waals surface area (Å²) in [7, 11) is 6.77. The van der Waals surface area contributed by atoms with Crippen LogP contribution in [0.2, 0.25) is 0 Å². The first kappa shape index (κ1) is 16.9. The number of hydrogen-bond donors (Lipinski definition) is 1. The van der Waals surface area contributed by atoms with E-state index in [2.05, 4.69) is 64.0 Å². The third kappa shape index (κ3) is 4.44. The van der Waals surface area contributed by atoms with Gasteiger partial charge in [-0.1, -0.05) is 20.8 Å². The summed E-state index contributed by atoms with van der Waals surface area (Å²) in [5.41, 5.74) is 0.439. The van der Waals surface area contributed by atoms with Crippen LogP contribution in [0.25, 0.3) is 0 Å². The standard InChI is InChI=1S/C16H35N3/c1-13(2)17-11-14(3)15(4)19(7)12-16(18(5)6)9-8-10-16/h13-15,17H,8-12H2,1-7H3. The summed E-state index contributed by atoms with van der Waals surface area (Å²) in [6.07, 6.45) is 4.11. The topological polar surface area (TPSA) is 18.5 Å². The maximum atomic E-state index is 3.56. The Morgan fingerprint density at radius 2 is 1.63 bits per heavy atom. The molecule has 0 aromatic rings. The molecule has 1 saturated carbocycles. The van der Waals surface area contributed by atoms with Gasteiger partial charge in [0.1, 0.15) is 0 Å². The zero-order chi connectivity index (χ0) is 14.6. The average Bonchev–Trinajstić information content (AvgIpc) is 2.28. The van der Waals surface area contributed by atoms with Crippen molar-refractivity contribution >= 4 is 0 Å². The Labute approximate surface area is 120 Å². The monoisotopic (exact) mass is 269 g/mol. The van der Waals surface area contributed by atoms with Crippen molar-refractivity contribution in [3.8, 4) is 0 Å². The van der Waals surface area contributed by atoms with Crippen LogP contribution in [0.15, 0.2) is 0 Å². The van der Waals surface area contributed by atoms with E-state index in [1.807, 2.05) is 0 Å². The Morgan fingerprint density at radius 3 is 2.00 bits per heavy atom. The molecule has 1 fully saturated rings. The highest BCUT2D eigenvalue weighted by Crippen LogP contribution is 2.37. The lowest BCUT2D eigenvalue weighted by Gasteiger charge is -2.50. The minimum Gasteiger partial charge on any atom is -0.314 e. The fourth-order valence-corrected chi connectivity index (χ4v) is 2.97. The number of likely N-dealkylation sites (N-methyl/N-ethyl adjacent to an activating group) is 2. The highest BCUT2D eigenvalue weighted by atomic mass is 15.2. The summed E-state index contributed by atoms with van der Waals surface area (Å²) >= 11 is 0. The van der Waals surface area contributed by atoms with Gasteiger partial charge in [-0.2, -0.15) is 0 Å². The first-order valence-electron chi connectivity index (χ1n) is 7.89. The Kier molecular flexibility index (Phi) is 6.28. The second-order valence-electron chi connectivity index (χ2n) is 7.17. The number of nitrogens with zero attached hydrogens (tertiary/aromatic N) is 2. The van der Waals surface area contributed by atoms with E-state index >= 15 is 0 Å². The first-order chi connectivity index (χ1) is 8.78. The molecule has 0 saturated heterocycles. The third-order valence-corrected chi connectivity index (χ3v) is 5.14. The zero-order valence-electron chi connectivity index (χ0n) is 14.2. The summed E-state index contributed by atoms with van der Waals surface area (Å²) < 4.78 is 0. The van der Waals surface area contributed by atoms with Crippen LogP contribution in [0.1, 0.15) is 47.0 Å². The predicted octanol–water partition coefficient (Wildman–Crippen LogP) is 2.43. The molecule has 0 amide bonds. The van der Waals surface area contributed by atoms with Crippen LogP contribution in [0.5, 0.6) is 0 Å². The molecule has 0 heterocycles. The molecule has 2 atom stereocenters. The molecule has 19 heavy (non-hydrogen) atoms. The van der Waals surface area contributed by atoms with E-state index in [1.54, 1.807) is 0 Å². The molecule has 0 radical (unpaired) electrons. The van der Waals surface area contributed by atoms with Gasteiger partial charge in [0.2, 0.25) is 0 Å². The van der Waals surface area contributed by atoms with Crippen LogP contribution >= 0.6 is 0 Å². The van der Waals surface area contributed by atoms with E-state index < -0.39 is 0 Å². The molecule has 0 aromatic carbocycles. The SMILES string of the molecule is CC(C)NCC(C)C(C)N(C)CC1(N(C)C)CCC1. The molecular formula is C16H35N3. The van der Waals surface area contributed by atoms with Crippen molar-refractivity contribution < 1.29 is 0 Å². The van der Waals surface area contributed by atoms with Crippen molar-refractivity contribution in [1.29, 1.82) is 0 Å². The van der Waals surface area contributed by atoms with Gasteiger partial charge < -0.3 is 15.1 Å². The van der Waals surface area contributed by atoms with Gasteiger partial charge >= 0.3 is 0 Å². The van der Waals surface area contributed by atoms with Crippen LogP contribution in [-0.4, -0.2) is 61.7 Å². The molecule has 0 aromatic heterocycles. The van der Waals surface area contributed by atoms with E-state index in [0.29, 0.717) is 23.5 Å². The maximum Gasteiger partial charge on any atom is 0.0330 e. The second kappa shape index (κ2) is 7.05. The molecule has 1 aliphatic rings. The summed E-state index contributed by atoms with van der Waals surface area (Å²) in [4.78, 5) is 5.00. The molecular weight excluding hydrogens is 234 g/mol.